The topological polar surface area (TPSA) is 106 Å². The van der Waals surface area contributed by atoms with Crippen LogP contribution in [0.25, 0.3) is 0 Å². The standard InChI is InChI=1S/C19H23N3O5S2/c1-3-27-18(24)16-13(2)20-19(28-16)21-17(23)15-11-7-8-12-22(15)29(25,26)14-9-5-4-6-10-14/h4-6,9-10,15H,3,7-8,11-12H2,1-2H3,(H,20,21,23)/t15-/m1/s1. The number of nitrogens with one attached hydrogen (secondary N) is 1. The van der Waals surface area contributed by atoms with Crippen molar-refractivity contribution < 1.29 is 22.7 Å². The minimum atomic E-state index is -3.79. The molecule has 1 aromatic carbocycles. The second-order valence-corrected chi connectivity index (χ2v) is 9.47. The van der Waals surface area contributed by atoms with Gasteiger partial charge >= 0.3 is 5.97 Å². The molecule has 1 saturated heterocycles. The number of carbonyl (C=O) groups is 2. The molecule has 0 bridgehead atoms. The van der Waals surface area contributed by atoms with Crippen molar-refractivity contribution >= 4 is 38.4 Å². The van der Waals surface area contributed by atoms with E-state index in [9.17, 15) is 18.0 Å². The second-order valence-electron chi connectivity index (χ2n) is 6.58. The van der Waals surface area contributed by atoms with E-state index in [0.29, 0.717) is 23.4 Å². The number of esters is 1. The van der Waals surface area contributed by atoms with Crippen molar-refractivity contribution in [2.45, 2.75) is 44.0 Å². The van der Waals surface area contributed by atoms with Crippen LogP contribution >= 0.6 is 11.3 Å². The van der Waals surface area contributed by atoms with Gasteiger partial charge in [-0.3, -0.25) is 4.79 Å². The van der Waals surface area contributed by atoms with Crippen LogP contribution in [0.15, 0.2) is 35.2 Å². The maximum absolute atomic E-state index is 13.0. The number of hydrogen-bond donors (Lipinski definition) is 1. The van der Waals surface area contributed by atoms with E-state index < -0.39 is 27.9 Å². The van der Waals surface area contributed by atoms with Crippen LogP contribution in [-0.4, -0.2) is 48.8 Å². The molecule has 10 heteroatoms. The summed E-state index contributed by atoms with van der Waals surface area (Å²) >= 11 is 1.02. The smallest absolute Gasteiger partial charge is 0.350 e. The third kappa shape index (κ3) is 4.65. The van der Waals surface area contributed by atoms with Gasteiger partial charge in [-0.1, -0.05) is 36.0 Å². The van der Waals surface area contributed by atoms with Gasteiger partial charge in [-0.2, -0.15) is 4.31 Å². The summed E-state index contributed by atoms with van der Waals surface area (Å²) < 4.78 is 32.3. The van der Waals surface area contributed by atoms with Crippen LogP contribution in [0.3, 0.4) is 0 Å². The number of hydrogen-bond acceptors (Lipinski definition) is 7. The van der Waals surface area contributed by atoms with Crippen LogP contribution in [0.4, 0.5) is 5.13 Å². The molecule has 1 fully saturated rings. The van der Waals surface area contributed by atoms with Crippen LogP contribution in [0.1, 0.15) is 41.6 Å². The van der Waals surface area contributed by atoms with Crippen molar-refractivity contribution in [3.05, 3.63) is 40.9 Å². The summed E-state index contributed by atoms with van der Waals surface area (Å²) in [6.45, 7) is 3.89. The molecular formula is C19H23N3O5S2. The first kappa shape index (κ1) is 21.4. The van der Waals surface area contributed by atoms with Crippen molar-refractivity contribution in [2.24, 2.45) is 0 Å². The molecule has 3 rings (SSSR count). The van der Waals surface area contributed by atoms with E-state index in [4.69, 9.17) is 4.74 Å². The van der Waals surface area contributed by atoms with Crippen LogP contribution < -0.4 is 5.32 Å². The second kappa shape index (κ2) is 9.02. The normalized spacial score (nSPS) is 17.7. The van der Waals surface area contributed by atoms with E-state index >= 15 is 0 Å². The lowest BCUT2D eigenvalue weighted by molar-refractivity contribution is -0.120. The van der Waals surface area contributed by atoms with Gasteiger partial charge in [-0.05, 0) is 38.8 Å². The third-order valence-corrected chi connectivity index (χ3v) is 7.57. The highest BCUT2D eigenvalue weighted by molar-refractivity contribution is 7.89. The number of aromatic nitrogens is 1. The van der Waals surface area contributed by atoms with Crippen LogP contribution in [0, 0.1) is 6.92 Å². The number of anilines is 1. The minimum absolute atomic E-state index is 0.161. The molecule has 1 aliphatic rings. The zero-order valence-electron chi connectivity index (χ0n) is 16.3. The number of piperidine rings is 1. The summed E-state index contributed by atoms with van der Waals surface area (Å²) in [7, 11) is -3.79. The monoisotopic (exact) mass is 437 g/mol. The predicted molar refractivity (Wildman–Crippen MR) is 109 cm³/mol. The number of aryl methyl sites for hydroxylation is 1. The number of ether oxygens (including phenoxy) is 1. The molecule has 8 nitrogen and oxygen atoms in total. The molecule has 0 saturated carbocycles. The van der Waals surface area contributed by atoms with Gasteiger partial charge in [0.1, 0.15) is 10.9 Å². The van der Waals surface area contributed by atoms with Crippen molar-refractivity contribution in [2.75, 3.05) is 18.5 Å². The third-order valence-electron chi connectivity index (χ3n) is 4.59. The Balaban J connectivity index is 1.80. The molecule has 2 heterocycles. The summed E-state index contributed by atoms with van der Waals surface area (Å²) in [5.41, 5.74) is 0.459. The Labute approximate surface area is 173 Å². The predicted octanol–water partition coefficient (Wildman–Crippen LogP) is 2.81. The molecule has 2 aromatic rings. The van der Waals surface area contributed by atoms with Gasteiger partial charge < -0.3 is 10.1 Å². The minimum Gasteiger partial charge on any atom is -0.462 e. The maximum Gasteiger partial charge on any atom is 0.350 e. The first-order valence-corrected chi connectivity index (χ1v) is 11.6. The molecule has 1 amide bonds. The van der Waals surface area contributed by atoms with Gasteiger partial charge in [-0.15, -0.1) is 0 Å². The number of nitrogens with zero attached hydrogens (tertiary/aromatic N) is 2. The molecule has 0 unspecified atom stereocenters. The lowest BCUT2D eigenvalue weighted by Crippen LogP contribution is -2.49. The maximum atomic E-state index is 13.0. The van der Waals surface area contributed by atoms with E-state index in [0.717, 1.165) is 17.8 Å². The Hall–Kier alpha value is -2.30. The van der Waals surface area contributed by atoms with E-state index in [1.165, 1.54) is 16.4 Å². The van der Waals surface area contributed by atoms with Gasteiger partial charge in [0.05, 0.1) is 17.2 Å². The fourth-order valence-corrected chi connectivity index (χ4v) is 5.75. The van der Waals surface area contributed by atoms with Crippen molar-refractivity contribution in [3.8, 4) is 0 Å². The fourth-order valence-electron chi connectivity index (χ4n) is 3.21. The molecule has 29 heavy (non-hydrogen) atoms. The lowest BCUT2D eigenvalue weighted by Gasteiger charge is -2.33. The van der Waals surface area contributed by atoms with Crippen molar-refractivity contribution in [3.63, 3.8) is 0 Å². The number of thiazole rings is 1. The molecule has 0 aliphatic carbocycles. The van der Waals surface area contributed by atoms with Crippen LogP contribution in [0.2, 0.25) is 0 Å². The quantitative estimate of drug-likeness (QED) is 0.697. The summed E-state index contributed by atoms with van der Waals surface area (Å²) in [5, 5.41) is 2.93. The summed E-state index contributed by atoms with van der Waals surface area (Å²) in [4.78, 5) is 29.6. The first-order valence-electron chi connectivity index (χ1n) is 9.37. The highest BCUT2D eigenvalue weighted by Crippen LogP contribution is 2.28. The number of amides is 1. The number of benzene rings is 1. The van der Waals surface area contributed by atoms with Gasteiger partial charge in [-0.25, -0.2) is 18.2 Å². The van der Waals surface area contributed by atoms with Crippen molar-refractivity contribution in [1.29, 1.82) is 0 Å². The van der Waals surface area contributed by atoms with Crippen LogP contribution in [0.5, 0.6) is 0 Å². The Morgan fingerprint density at radius 1 is 1.28 bits per heavy atom. The summed E-state index contributed by atoms with van der Waals surface area (Å²) in [5.74, 6) is -0.942. The van der Waals surface area contributed by atoms with E-state index in [1.807, 2.05) is 0 Å². The van der Waals surface area contributed by atoms with Gasteiger partial charge in [0.2, 0.25) is 15.9 Å². The molecule has 1 N–H and O–H groups in total. The zero-order valence-corrected chi connectivity index (χ0v) is 17.9. The van der Waals surface area contributed by atoms with E-state index in [-0.39, 0.29) is 23.2 Å². The fraction of sp³-hybridized carbons (Fsp3) is 0.421. The molecule has 0 radical (unpaired) electrons. The van der Waals surface area contributed by atoms with Crippen LogP contribution in [-0.2, 0) is 19.6 Å². The average molecular weight is 438 g/mol. The molecule has 156 valence electrons. The Morgan fingerprint density at radius 3 is 2.69 bits per heavy atom. The Bertz CT molecular complexity index is 989. The molecule has 1 atom stereocenters. The molecule has 0 spiro atoms. The van der Waals surface area contributed by atoms with E-state index in [2.05, 4.69) is 10.3 Å². The molecule has 1 aromatic heterocycles. The van der Waals surface area contributed by atoms with Gasteiger partial charge in [0, 0.05) is 6.54 Å². The highest BCUT2D eigenvalue weighted by atomic mass is 32.2. The summed E-state index contributed by atoms with van der Waals surface area (Å²) in [6, 6.07) is 7.26. The van der Waals surface area contributed by atoms with Crippen molar-refractivity contribution in [1.82, 2.24) is 9.29 Å². The molecule has 1 aliphatic heterocycles. The van der Waals surface area contributed by atoms with Gasteiger partial charge in [0.25, 0.3) is 0 Å². The Morgan fingerprint density at radius 2 is 2.00 bits per heavy atom. The zero-order chi connectivity index (χ0) is 21.0. The number of sulfonamides is 1. The lowest BCUT2D eigenvalue weighted by atomic mass is 10.0. The number of carbonyl (C=O) groups excluding carboxylic acids is 2. The largest absolute Gasteiger partial charge is 0.462 e. The Kier molecular flexibility index (Phi) is 6.66. The first-order chi connectivity index (χ1) is 13.8. The van der Waals surface area contributed by atoms with E-state index in [1.54, 1.807) is 32.0 Å². The van der Waals surface area contributed by atoms with Gasteiger partial charge in [0.15, 0.2) is 5.13 Å². The number of rotatable bonds is 6. The average Bonchev–Trinajstić information content (AvgIpc) is 3.09. The highest BCUT2D eigenvalue weighted by Gasteiger charge is 2.38. The molecular weight excluding hydrogens is 414 g/mol. The SMILES string of the molecule is CCOC(=O)c1sc(NC(=O)[C@H]2CCCCN2S(=O)(=O)c2ccccc2)nc1C. The summed E-state index contributed by atoms with van der Waals surface area (Å²) in [6.07, 6.45) is 1.87.